The molecule has 0 bridgehead atoms. The van der Waals surface area contributed by atoms with E-state index in [-0.39, 0.29) is 0 Å². The minimum absolute atomic E-state index is 0.864. The Morgan fingerprint density at radius 1 is 1.09 bits per heavy atom. The first-order valence-corrected chi connectivity index (χ1v) is 8.08. The number of aromatic nitrogens is 4. The number of anilines is 2. The number of nitrogens with one attached hydrogen (secondary N) is 1. The third-order valence-corrected chi connectivity index (χ3v) is 4.59. The molecule has 1 N–H and O–H groups in total. The van der Waals surface area contributed by atoms with Crippen molar-refractivity contribution in [1.29, 1.82) is 0 Å². The van der Waals surface area contributed by atoms with Gasteiger partial charge < -0.3 is 5.32 Å². The fourth-order valence-corrected chi connectivity index (χ4v) is 3.39. The summed E-state index contributed by atoms with van der Waals surface area (Å²) >= 11 is 1.63. The van der Waals surface area contributed by atoms with Crippen molar-refractivity contribution in [2.45, 2.75) is 6.92 Å². The summed E-state index contributed by atoms with van der Waals surface area (Å²) in [6.45, 7) is 2.05. The van der Waals surface area contributed by atoms with Gasteiger partial charge in [-0.05, 0) is 36.2 Å². The van der Waals surface area contributed by atoms with Crippen molar-refractivity contribution in [3.8, 4) is 11.1 Å². The Labute approximate surface area is 137 Å². The lowest BCUT2D eigenvalue weighted by Crippen LogP contribution is -1.98. The third-order valence-electron chi connectivity index (χ3n) is 3.65. The highest BCUT2D eigenvalue weighted by Gasteiger charge is 2.08. The summed E-state index contributed by atoms with van der Waals surface area (Å²) in [5.74, 6) is 0.923. The summed E-state index contributed by atoms with van der Waals surface area (Å²) in [6.07, 6.45) is 5.52. The molecule has 0 saturated heterocycles. The van der Waals surface area contributed by atoms with Crippen molar-refractivity contribution >= 4 is 32.5 Å². The smallest absolute Gasteiger partial charge is 0.189 e. The summed E-state index contributed by atoms with van der Waals surface area (Å²) in [5, 5.41) is 8.32. The van der Waals surface area contributed by atoms with Crippen LogP contribution >= 0.6 is 11.3 Å². The number of rotatable bonds is 3. The van der Waals surface area contributed by atoms with Gasteiger partial charge in [-0.2, -0.15) is 5.10 Å². The number of hydrogen-bond donors (Lipinski definition) is 1. The summed E-state index contributed by atoms with van der Waals surface area (Å²) in [6, 6.07) is 10.4. The average Bonchev–Trinajstić information content (AvgIpc) is 3.13. The van der Waals surface area contributed by atoms with Crippen LogP contribution in [0.2, 0.25) is 0 Å². The standard InChI is InChI=1S/C17H15N5S/c1-11-7-13(10-18-9-11)12-3-4-14-15(8-12)23-17(20-14)21-16-5-6-19-22(16)2/h3-10H,1-2H3,(H,20,21). The first kappa shape index (κ1) is 13.9. The van der Waals surface area contributed by atoms with Crippen molar-refractivity contribution in [2.24, 2.45) is 7.05 Å². The molecule has 0 aliphatic rings. The molecular formula is C17H15N5S. The minimum atomic E-state index is 0.864. The fourth-order valence-electron chi connectivity index (χ4n) is 2.48. The quantitative estimate of drug-likeness (QED) is 0.616. The molecule has 3 heterocycles. The van der Waals surface area contributed by atoms with Gasteiger partial charge in [0, 0.05) is 31.1 Å². The minimum Gasteiger partial charge on any atom is -0.316 e. The van der Waals surface area contributed by atoms with Crippen molar-refractivity contribution in [3.63, 3.8) is 0 Å². The number of fused-ring (bicyclic) bond motifs is 1. The van der Waals surface area contributed by atoms with E-state index in [2.05, 4.69) is 51.6 Å². The van der Waals surface area contributed by atoms with Gasteiger partial charge in [-0.3, -0.25) is 9.67 Å². The second-order valence-electron chi connectivity index (χ2n) is 5.42. The van der Waals surface area contributed by atoms with Crippen LogP contribution in [0.5, 0.6) is 0 Å². The van der Waals surface area contributed by atoms with E-state index in [4.69, 9.17) is 0 Å². The van der Waals surface area contributed by atoms with Gasteiger partial charge in [-0.1, -0.05) is 17.4 Å². The van der Waals surface area contributed by atoms with Crippen molar-refractivity contribution in [3.05, 3.63) is 54.5 Å². The Balaban J connectivity index is 1.71. The van der Waals surface area contributed by atoms with Crippen LogP contribution in [0.25, 0.3) is 21.3 Å². The SMILES string of the molecule is Cc1cncc(-c2ccc3nc(Nc4ccnn4C)sc3c2)c1. The van der Waals surface area contributed by atoms with E-state index in [1.807, 2.05) is 25.5 Å². The van der Waals surface area contributed by atoms with Crippen molar-refractivity contribution in [2.75, 3.05) is 5.32 Å². The second-order valence-corrected chi connectivity index (χ2v) is 6.45. The lowest BCUT2D eigenvalue weighted by Gasteiger charge is -2.01. The Morgan fingerprint density at radius 3 is 2.78 bits per heavy atom. The monoisotopic (exact) mass is 321 g/mol. The summed E-state index contributed by atoms with van der Waals surface area (Å²) in [5.41, 5.74) is 4.43. The van der Waals surface area contributed by atoms with Crippen LogP contribution in [-0.4, -0.2) is 19.7 Å². The zero-order valence-electron chi connectivity index (χ0n) is 12.8. The van der Waals surface area contributed by atoms with Gasteiger partial charge in [0.1, 0.15) is 5.82 Å². The summed E-state index contributed by atoms with van der Waals surface area (Å²) in [7, 11) is 1.90. The lowest BCUT2D eigenvalue weighted by molar-refractivity contribution is 0.776. The molecule has 0 radical (unpaired) electrons. The summed E-state index contributed by atoms with van der Waals surface area (Å²) < 4.78 is 2.93. The number of hydrogen-bond acceptors (Lipinski definition) is 5. The molecule has 0 saturated carbocycles. The highest BCUT2D eigenvalue weighted by atomic mass is 32.1. The Morgan fingerprint density at radius 2 is 2.00 bits per heavy atom. The Kier molecular flexibility index (Phi) is 3.31. The van der Waals surface area contributed by atoms with Crippen LogP contribution in [0.3, 0.4) is 0 Å². The van der Waals surface area contributed by atoms with Crippen molar-refractivity contribution < 1.29 is 0 Å². The predicted octanol–water partition coefficient (Wildman–Crippen LogP) is 4.14. The number of benzene rings is 1. The molecular weight excluding hydrogens is 306 g/mol. The molecule has 114 valence electrons. The number of nitrogens with zero attached hydrogens (tertiary/aromatic N) is 4. The van der Waals surface area contributed by atoms with E-state index >= 15 is 0 Å². The highest BCUT2D eigenvalue weighted by molar-refractivity contribution is 7.22. The van der Waals surface area contributed by atoms with Crippen LogP contribution in [0.15, 0.2) is 48.9 Å². The van der Waals surface area contributed by atoms with Crippen LogP contribution in [-0.2, 0) is 7.05 Å². The number of thiazole rings is 1. The zero-order chi connectivity index (χ0) is 15.8. The van der Waals surface area contributed by atoms with Crippen LogP contribution < -0.4 is 5.32 Å². The third kappa shape index (κ3) is 2.68. The van der Waals surface area contributed by atoms with E-state index in [0.29, 0.717) is 0 Å². The van der Waals surface area contributed by atoms with E-state index < -0.39 is 0 Å². The van der Waals surface area contributed by atoms with E-state index in [0.717, 1.165) is 37.9 Å². The van der Waals surface area contributed by atoms with Gasteiger partial charge in [0.15, 0.2) is 5.13 Å². The molecule has 4 aromatic rings. The highest BCUT2D eigenvalue weighted by Crippen LogP contribution is 2.31. The van der Waals surface area contributed by atoms with Gasteiger partial charge in [0.25, 0.3) is 0 Å². The molecule has 0 spiro atoms. The summed E-state index contributed by atoms with van der Waals surface area (Å²) in [4.78, 5) is 8.90. The largest absolute Gasteiger partial charge is 0.316 e. The van der Waals surface area contributed by atoms with Gasteiger partial charge in [-0.15, -0.1) is 0 Å². The van der Waals surface area contributed by atoms with Gasteiger partial charge >= 0.3 is 0 Å². The number of aryl methyl sites for hydroxylation is 2. The van der Waals surface area contributed by atoms with Crippen LogP contribution in [0.4, 0.5) is 10.9 Å². The van der Waals surface area contributed by atoms with E-state index in [1.165, 1.54) is 0 Å². The predicted molar refractivity (Wildman–Crippen MR) is 94.1 cm³/mol. The maximum Gasteiger partial charge on any atom is 0.189 e. The molecule has 0 fully saturated rings. The first-order chi connectivity index (χ1) is 11.2. The zero-order valence-corrected chi connectivity index (χ0v) is 13.6. The molecule has 5 nitrogen and oxygen atoms in total. The molecule has 0 aliphatic heterocycles. The average molecular weight is 321 g/mol. The molecule has 0 atom stereocenters. The number of pyridine rings is 1. The van der Waals surface area contributed by atoms with E-state index in [9.17, 15) is 0 Å². The second kappa shape index (κ2) is 5.48. The molecule has 6 heteroatoms. The molecule has 1 aromatic carbocycles. The maximum atomic E-state index is 4.63. The van der Waals surface area contributed by atoms with Gasteiger partial charge in [0.05, 0.1) is 16.4 Å². The Hall–Kier alpha value is -2.73. The molecule has 0 amide bonds. The van der Waals surface area contributed by atoms with Gasteiger partial charge in [-0.25, -0.2) is 4.98 Å². The molecule has 4 rings (SSSR count). The van der Waals surface area contributed by atoms with Crippen molar-refractivity contribution in [1.82, 2.24) is 19.7 Å². The molecule has 0 aliphatic carbocycles. The molecule has 0 unspecified atom stereocenters. The first-order valence-electron chi connectivity index (χ1n) is 7.27. The topological polar surface area (TPSA) is 55.6 Å². The maximum absolute atomic E-state index is 4.63. The Bertz CT molecular complexity index is 985. The van der Waals surface area contributed by atoms with Crippen LogP contribution in [0.1, 0.15) is 5.56 Å². The molecule has 3 aromatic heterocycles. The van der Waals surface area contributed by atoms with Crippen LogP contribution in [0, 0.1) is 6.92 Å². The fraction of sp³-hybridized carbons (Fsp3) is 0.118. The molecule has 23 heavy (non-hydrogen) atoms. The van der Waals surface area contributed by atoms with Gasteiger partial charge in [0.2, 0.25) is 0 Å². The lowest BCUT2D eigenvalue weighted by atomic mass is 10.1. The van der Waals surface area contributed by atoms with E-state index in [1.54, 1.807) is 22.2 Å². The normalized spacial score (nSPS) is 11.0.